The van der Waals surface area contributed by atoms with E-state index in [1.807, 2.05) is 0 Å². The van der Waals surface area contributed by atoms with Gasteiger partial charge in [-0.05, 0) is 47.0 Å². The average molecular weight is 375 g/mol. The van der Waals surface area contributed by atoms with Crippen molar-refractivity contribution in [2.75, 3.05) is 18.9 Å². The standard InChI is InChI=1S/C14H19BrN2O3S/c15-11-9-10(16)5-6-14(11)21(18,19)17-7-8-20-13-4-2-1-3-12(13)17/h5-6,9,12-13H,1-4,7-8,16H2. The summed E-state index contributed by atoms with van der Waals surface area (Å²) < 4.78 is 33.8. The molecule has 2 unspecified atom stereocenters. The van der Waals surface area contributed by atoms with Crippen LogP contribution in [-0.2, 0) is 14.8 Å². The second kappa shape index (κ2) is 5.87. The van der Waals surface area contributed by atoms with Crippen molar-refractivity contribution in [1.29, 1.82) is 0 Å². The van der Waals surface area contributed by atoms with E-state index in [1.165, 1.54) is 0 Å². The minimum absolute atomic E-state index is 0.0369. The van der Waals surface area contributed by atoms with E-state index in [-0.39, 0.29) is 17.0 Å². The fraction of sp³-hybridized carbons (Fsp3) is 0.571. The van der Waals surface area contributed by atoms with E-state index >= 15 is 0 Å². The molecule has 1 aliphatic heterocycles. The number of nitrogens with zero attached hydrogens (tertiary/aromatic N) is 1. The van der Waals surface area contributed by atoms with Crippen molar-refractivity contribution in [3.05, 3.63) is 22.7 Å². The van der Waals surface area contributed by atoms with Crippen LogP contribution in [0.1, 0.15) is 25.7 Å². The fourth-order valence-corrected chi connectivity index (χ4v) is 5.93. The van der Waals surface area contributed by atoms with Gasteiger partial charge in [-0.2, -0.15) is 4.31 Å². The monoisotopic (exact) mass is 374 g/mol. The molecule has 2 N–H and O–H groups in total. The smallest absolute Gasteiger partial charge is 0.244 e. The summed E-state index contributed by atoms with van der Waals surface area (Å²) in [6.07, 6.45) is 4.02. The number of fused-ring (bicyclic) bond motifs is 1. The summed E-state index contributed by atoms with van der Waals surface area (Å²) >= 11 is 3.32. The van der Waals surface area contributed by atoms with Crippen LogP contribution in [0.2, 0.25) is 0 Å². The van der Waals surface area contributed by atoms with Crippen molar-refractivity contribution in [3.63, 3.8) is 0 Å². The summed E-state index contributed by atoms with van der Waals surface area (Å²) in [5.41, 5.74) is 6.24. The number of morpholine rings is 1. The van der Waals surface area contributed by atoms with Crippen molar-refractivity contribution in [3.8, 4) is 0 Å². The van der Waals surface area contributed by atoms with Crippen LogP contribution < -0.4 is 5.73 Å². The topological polar surface area (TPSA) is 72.6 Å². The number of halogens is 1. The van der Waals surface area contributed by atoms with Crippen LogP contribution in [0.5, 0.6) is 0 Å². The highest BCUT2D eigenvalue weighted by Gasteiger charge is 2.41. The third kappa shape index (κ3) is 2.84. The molecular formula is C14H19BrN2O3S. The maximum Gasteiger partial charge on any atom is 0.244 e. The second-order valence-electron chi connectivity index (χ2n) is 5.57. The quantitative estimate of drug-likeness (QED) is 0.806. The van der Waals surface area contributed by atoms with Crippen molar-refractivity contribution in [2.24, 2.45) is 0 Å². The first kappa shape index (κ1) is 15.3. The van der Waals surface area contributed by atoms with Crippen LogP contribution in [0.3, 0.4) is 0 Å². The van der Waals surface area contributed by atoms with Crippen LogP contribution in [0.25, 0.3) is 0 Å². The van der Waals surface area contributed by atoms with Gasteiger partial charge in [0.15, 0.2) is 0 Å². The number of rotatable bonds is 2. The van der Waals surface area contributed by atoms with Crippen LogP contribution in [0, 0.1) is 0 Å². The third-order valence-corrected chi connectivity index (χ3v) is 7.12. The minimum Gasteiger partial charge on any atom is -0.399 e. The number of hydrogen-bond acceptors (Lipinski definition) is 4. The first-order valence-electron chi connectivity index (χ1n) is 7.18. The van der Waals surface area contributed by atoms with Gasteiger partial charge in [-0.1, -0.05) is 12.8 Å². The number of hydrogen-bond donors (Lipinski definition) is 1. The predicted octanol–water partition coefficient (Wildman–Crippen LogP) is 2.36. The number of nitrogen functional groups attached to an aromatic ring is 1. The van der Waals surface area contributed by atoms with Gasteiger partial charge in [0.2, 0.25) is 10.0 Å². The first-order valence-corrected chi connectivity index (χ1v) is 9.42. The Bertz CT molecular complexity index is 633. The van der Waals surface area contributed by atoms with E-state index < -0.39 is 10.0 Å². The van der Waals surface area contributed by atoms with Crippen LogP contribution >= 0.6 is 15.9 Å². The Labute approximate surface area is 133 Å². The molecule has 7 heteroatoms. The summed E-state index contributed by atoms with van der Waals surface area (Å²) in [7, 11) is -3.53. The van der Waals surface area contributed by atoms with Gasteiger partial charge >= 0.3 is 0 Å². The number of anilines is 1. The van der Waals surface area contributed by atoms with Crippen molar-refractivity contribution in [2.45, 2.75) is 42.7 Å². The molecule has 0 amide bonds. The zero-order valence-electron chi connectivity index (χ0n) is 11.7. The molecule has 1 saturated heterocycles. The molecule has 0 bridgehead atoms. The molecule has 1 heterocycles. The van der Waals surface area contributed by atoms with Gasteiger partial charge < -0.3 is 10.5 Å². The van der Waals surface area contributed by atoms with E-state index in [1.54, 1.807) is 22.5 Å². The summed E-state index contributed by atoms with van der Waals surface area (Å²) in [6, 6.07) is 4.78. The minimum atomic E-state index is -3.53. The molecule has 0 radical (unpaired) electrons. The van der Waals surface area contributed by atoms with Gasteiger partial charge in [-0.3, -0.25) is 0 Å². The number of ether oxygens (including phenoxy) is 1. The second-order valence-corrected chi connectivity index (χ2v) is 8.28. The lowest BCUT2D eigenvalue weighted by Gasteiger charge is -2.42. The molecule has 3 rings (SSSR count). The van der Waals surface area contributed by atoms with E-state index in [4.69, 9.17) is 10.5 Å². The van der Waals surface area contributed by atoms with Crippen LogP contribution in [0.4, 0.5) is 5.69 Å². The molecule has 2 fully saturated rings. The van der Waals surface area contributed by atoms with Crippen molar-refractivity contribution in [1.82, 2.24) is 4.31 Å². The highest BCUT2D eigenvalue weighted by Crippen LogP contribution is 2.34. The maximum absolute atomic E-state index is 13.0. The van der Waals surface area contributed by atoms with Gasteiger partial charge in [0, 0.05) is 16.7 Å². The number of sulfonamides is 1. The summed E-state index contributed by atoms with van der Waals surface area (Å²) in [4.78, 5) is 0.280. The van der Waals surface area contributed by atoms with E-state index in [9.17, 15) is 8.42 Å². The van der Waals surface area contributed by atoms with Gasteiger partial charge in [-0.15, -0.1) is 0 Å². The van der Waals surface area contributed by atoms with E-state index in [2.05, 4.69) is 15.9 Å². The Kier molecular flexibility index (Phi) is 4.27. The zero-order chi connectivity index (χ0) is 15.0. The molecule has 0 aromatic heterocycles. The lowest BCUT2D eigenvalue weighted by Crippen LogP contribution is -2.54. The highest BCUT2D eigenvalue weighted by molar-refractivity contribution is 9.10. The van der Waals surface area contributed by atoms with Gasteiger partial charge in [0.1, 0.15) is 0 Å². The molecule has 21 heavy (non-hydrogen) atoms. The lowest BCUT2D eigenvalue weighted by atomic mass is 9.91. The largest absolute Gasteiger partial charge is 0.399 e. The Hall–Kier alpha value is -0.630. The first-order chi connectivity index (χ1) is 10.00. The Balaban J connectivity index is 1.96. The lowest BCUT2D eigenvalue weighted by molar-refractivity contribution is -0.0586. The molecule has 2 atom stereocenters. The zero-order valence-corrected chi connectivity index (χ0v) is 14.1. The van der Waals surface area contributed by atoms with Crippen molar-refractivity contribution < 1.29 is 13.2 Å². The number of benzene rings is 1. The highest BCUT2D eigenvalue weighted by atomic mass is 79.9. The SMILES string of the molecule is Nc1ccc(S(=O)(=O)N2CCOC3CCCCC32)c(Br)c1. The normalized spacial score (nSPS) is 27.3. The Morgan fingerprint density at radius 2 is 2.05 bits per heavy atom. The molecule has 0 spiro atoms. The Morgan fingerprint density at radius 3 is 2.81 bits per heavy atom. The summed E-state index contributed by atoms with van der Waals surface area (Å²) in [5, 5.41) is 0. The maximum atomic E-state index is 13.0. The van der Waals surface area contributed by atoms with Gasteiger partial charge in [-0.25, -0.2) is 8.42 Å². The predicted molar refractivity (Wildman–Crippen MR) is 84.4 cm³/mol. The summed E-state index contributed by atoms with van der Waals surface area (Å²) in [5.74, 6) is 0. The van der Waals surface area contributed by atoms with E-state index in [0.717, 1.165) is 25.7 Å². The Morgan fingerprint density at radius 1 is 1.29 bits per heavy atom. The number of nitrogens with two attached hydrogens (primary N) is 1. The molecule has 1 aromatic carbocycles. The molecule has 116 valence electrons. The van der Waals surface area contributed by atoms with E-state index in [0.29, 0.717) is 23.3 Å². The van der Waals surface area contributed by atoms with Crippen LogP contribution in [-0.4, -0.2) is 38.0 Å². The molecular weight excluding hydrogens is 356 g/mol. The molecule has 1 aliphatic carbocycles. The summed E-state index contributed by atoms with van der Waals surface area (Å²) in [6.45, 7) is 0.882. The molecule has 1 aromatic rings. The molecule has 2 aliphatic rings. The third-order valence-electron chi connectivity index (χ3n) is 4.22. The van der Waals surface area contributed by atoms with Gasteiger partial charge in [0.25, 0.3) is 0 Å². The fourth-order valence-electron chi connectivity index (χ4n) is 3.21. The molecule has 5 nitrogen and oxygen atoms in total. The van der Waals surface area contributed by atoms with Gasteiger partial charge in [0.05, 0.1) is 23.6 Å². The molecule has 1 saturated carbocycles. The van der Waals surface area contributed by atoms with Crippen molar-refractivity contribution >= 4 is 31.6 Å². The van der Waals surface area contributed by atoms with Crippen LogP contribution in [0.15, 0.2) is 27.6 Å². The average Bonchev–Trinajstić information content (AvgIpc) is 2.46.